The Labute approximate surface area is 147 Å². The number of hydrogen-bond donors (Lipinski definition) is 0. The number of piperazine rings is 1. The minimum Gasteiger partial charge on any atom is -0.342 e. The van der Waals surface area contributed by atoms with E-state index in [1.54, 1.807) is 23.1 Å². The van der Waals surface area contributed by atoms with E-state index >= 15 is 0 Å². The van der Waals surface area contributed by atoms with Gasteiger partial charge in [0, 0.05) is 45.3 Å². The van der Waals surface area contributed by atoms with Gasteiger partial charge in [-0.1, -0.05) is 12.1 Å². The summed E-state index contributed by atoms with van der Waals surface area (Å²) in [7, 11) is 0. The molecule has 1 aromatic carbocycles. The van der Waals surface area contributed by atoms with Crippen LogP contribution in [0.4, 0.5) is 4.39 Å². The second-order valence-electron chi connectivity index (χ2n) is 6.57. The second kappa shape index (κ2) is 8.25. The summed E-state index contributed by atoms with van der Waals surface area (Å²) in [5.74, 6) is -0.133. The Bertz CT molecular complexity index is 631. The molecule has 0 atom stereocenters. The van der Waals surface area contributed by atoms with Crippen LogP contribution >= 0.6 is 0 Å². The van der Waals surface area contributed by atoms with Crippen molar-refractivity contribution in [2.75, 3.05) is 45.8 Å². The molecule has 0 aromatic heterocycles. The molecule has 0 spiro atoms. The van der Waals surface area contributed by atoms with Crippen molar-refractivity contribution in [1.82, 2.24) is 14.7 Å². The summed E-state index contributed by atoms with van der Waals surface area (Å²) in [6.45, 7) is 4.90. The Morgan fingerprint density at radius 1 is 0.920 bits per heavy atom. The molecule has 2 saturated heterocycles. The third-order valence-corrected chi connectivity index (χ3v) is 4.79. The van der Waals surface area contributed by atoms with Gasteiger partial charge in [0.15, 0.2) is 0 Å². The van der Waals surface area contributed by atoms with E-state index in [0.717, 1.165) is 44.6 Å². The van der Waals surface area contributed by atoms with Crippen molar-refractivity contribution in [3.8, 4) is 0 Å². The Balaban J connectivity index is 1.44. The van der Waals surface area contributed by atoms with Crippen molar-refractivity contribution >= 4 is 17.9 Å². The van der Waals surface area contributed by atoms with Crippen molar-refractivity contribution in [2.24, 2.45) is 0 Å². The molecule has 2 fully saturated rings. The van der Waals surface area contributed by atoms with Gasteiger partial charge in [-0.05, 0) is 36.6 Å². The Morgan fingerprint density at radius 2 is 1.56 bits per heavy atom. The molecule has 0 unspecified atom stereocenters. The van der Waals surface area contributed by atoms with Crippen LogP contribution in [0.5, 0.6) is 0 Å². The van der Waals surface area contributed by atoms with E-state index < -0.39 is 0 Å². The summed E-state index contributed by atoms with van der Waals surface area (Å²) in [6.07, 6.45) is 5.44. The molecule has 0 aliphatic carbocycles. The van der Waals surface area contributed by atoms with Gasteiger partial charge in [-0.3, -0.25) is 14.5 Å². The molecule has 134 valence electrons. The monoisotopic (exact) mass is 345 g/mol. The van der Waals surface area contributed by atoms with Crippen molar-refractivity contribution < 1.29 is 14.0 Å². The third kappa shape index (κ3) is 4.89. The van der Waals surface area contributed by atoms with E-state index in [9.17, 15) is 14.0 Å². The van der Waals surface area contributed by atoms with E-state index in [2.05, 4.69) is 4.90 Å². The molecule has 0 bridgehead atoms. The van der Waals surface area contributed by atoms with Gasteiger partial charge in [0.25, 0.3) is 0 Å². The maximum Gasteiger partial charge on any atom is 0.246 e. The molecule has 1 aromatic rings. The van der Waals surface area contributed by atoms with Gasteiger partial charge in [0.1, 0.15) is 5.82 Å². The third-order valence-electron chi connectivity index (χ3n) is 4.79. The zero-order valence-corrected chi connectivity index (χ0v) is 14.4. The fraction of sp³-hybridized carbons (Fsp3) is 0.474. The minimum atomic E-state index is -0.289. The molecule has 0 radical (unpaired) electrons. The molecule has 2 aliphatic rings. The highest BCUT2D eigenvalue weighted by Gasteiger charge is 2.24. The number of rotatable bonds is 4. The van der Waals surface area contributed by atoms with Gasteiger partial charge >= 0.3 is 0 Å². The summed E-state index contributed by atoms with van der Waals surface area (Å²) in [5.41, 5.74) is 0.796. The van der Waals surface area contributed by atoms with Crippen LogP contribution < -0.4 is 0 Å². The lowest BCUT2D eigenvalue weighted by atomic mass is 10.2. The molecule has 6 heteroatoms. The molecule has 2 aliphatic heterocycles. The van der Waals surface area contributed by atoms with Crippen LogP contribution in [-0.4, -0.2) is 72.3 Å². The summed E-state index contributed by atoms with van der Waals surface area (Å²) in [6, 6.07) is 6.03. The highest BCUT2D eigenvalue weighted by Crippen LogP contribution is 2.10. The number of amides is 2. The molecule has 2 amide bonds. The predicted octanol–water partition coefficient (Wildman–Crippen LogP) is 1.61. The number of carbonyl (C=O) groups is 2. The summed E-state index contributed by atoms with van der Waals surface area (Å²) < 4.78 is 12.9. The van der Waals surface area contributed by atoms with E-state index in [1.807, 2.05) is 4.90 Å². The van der Waals surface area contributed by atoms with Crippen LogP contribution in [0, 0.1) is 5.82 Å². The Hall–Kier alpha value is -2.21. The summed E-state index contributed by atoms with van der Waals surface area (Å²) in [5, 5.41) is 0. The number of benzene rings is 1. The van der Waals surface area contributed by atoms with E-state index in [-0.39, 0.29) is 17.6 Å². The lowest BCUT2D eigenvalue weighted by Gasteiger charge is -2.34. The fourth-order valence-electron chi connectivity index (χ4n) is 3.23. The smallest absolute Gasteiger partial charge is 0.246 e. The van der Waals surface area contributed by atoms with Crippen molar-refractivity contribution in [3.63, 3.8) is 0 Å². The van der Waals surface area contributed by atoms with Gasteiger partial charge in [0.05, 0.1) is 6.54 Å². The number of hydrogen-bond acceptors (Lipinski definition) is 3. The molecule has 5 nitrogen and oxygen atoms in total. The van der Waals surface area contributed by atoms with Crippen molar-refractivity contribution in [1.29, 1.82) is 0 Å². The normalized spacial score (nSPS) is 18.9. The lowest BCUT2D eigenvalue weighted by molar-refractivity contribution is -0.132. The first-order chi connectivity index (χ1) is 12.1. The first-order valence-corrected chi connectivity index (χ1v) is 8.84. The SMILES string of the molecule is O=C(/C=C\c1ccc(F)cc1)N1CCN(CC(=O)N2CCCC2)CC1. The van der Waals surface area contributed by atoms with Gasteiger partial charge in [-0.2, -0.15) is 0 Å². The first kappa shape index (κ1) is 17.6. The zero-order valence-electron chi connectivity index (χ0n) is 14.4. The van der Waals surface area contributed by atoms with E-state index in [0.29, 0.717) is 19.6 Å². The van der Waals surface area contributed by atoms with Gasteiger partial charge < -0.3 is 9.80 Å². The molecule has 3 rings (SSSR count). The highest BCUT2D eigenvalue weighted by atomic mass is 19.1. The molecular weight excluding hydrogens is 321 g/mol. The summed E-state index contributed by atoms with van der Waals surface area (Å²) >= 11 is 0. The van der Waals surface area contributed by atoms with Crippen molar-refractivity contribution in [3.05, 3.63) is 41.7 Å². The maximum absolute atomic E-state index is 12.9. The fourth-order valence-corrected chi connectivity index (χ4v) is 3.23. The van der Waals surface area contributed by atoms with Gasteiger partial charge in [-0.15, -0.1) is 0 Å². The average Bonchev–Trinajstić information content (AvgIpc) is 3.16. The van der Waals surface area contributed by atoms with Crippen LogP contribution in [-0.2, 0) is 9.59 Å². The van der Waals surface area contributed by atoms with Crippen LogP contribution in [0.15, 0.2) is 30.3 Å². The standard InChI is InChI=1S/C19H24FN3O2/c20-17-6-3-16(4-7-17)5-8-18(24)23-13-11-21(12-14-23)15-19(25)22-9-1-2-10-22/h3-8H,1-2,9-15H2/b8-5-. The molecule has 0 saturated carbocycles. The van der Waals surface area contributed by atoms with Gasteiger partial charge in [0.2, 0.25) is 11.8 Å². The zero-order chi connectivity index (χ0) is 17.6. The topological polar surface area (TPSA) is 43.9 Å². The van der Waals surface area contributed by atoms with Crippen LogP contribution in [0.2, 0.25) is 0 Å². The number of halogens is 1. The van der Waals surface area contributed by atoms with Crippen LogP contribution in [0.1, 0.15) is 18.4 Å². The minimum absolute atomic E-state index is 0.0464. The highest BCUT2D eigenvalue weighted by molar-refractivity contribution is 5.91. The quantitative estimate of drug-likeness (QED) is 0.779. The van der Waals surface area contributed by atoms with E-state index in [4.69, 9.17) is 0 Å². The number of likely N-dealkylation sites (tertiary alicyclic amines) is 1. The van der Waals surface area contributed by atoms with Crippen LogP contribution in [0.3, 0.4) is 0 Å². The molecule has 25 heavy (non-hydrogen) atoms. The first-order valence-electron chi connectivity index (χ1n) is 8.84. The van der Waals surface area contributed by atoms with Crippen LogP contribution in [0.25, 0.3) is 6.08 Å². The largest absolute Gasteiger partial charge is 0.342 e. The summed E-state index contributed by atoms with van der Waals surface area (Å²) in [4.78, 5) is 30.3. The predicted molar refractivity (Wildman–Crippen MR) is 94.3 cm³/mol. The molecular formula is C19H24FN3O2. The Morgan fingerprint density at radius 3 is 2.20 bits per heavy atom. The molecule has 0 N–H and O–H groups in total. The molecule has 2 heterocycles. The lowest BCUT2D eigenvalue weighted by Crippen LogP contribution is -2.51. The van der Waals surface area contributed by atoms with Gasteiger partial charge in [-0.25, -0.2) is 4.39 Å². The number of nitrogens with zero attached hydrogens (tertiary/aromatic N) is 3. The Kier molecular flexibility index (Phi) is 5.81. The average molecular weight is 345 g/mol. The number of carbonyl (C=O) groups excluding carboxylic acids is 2. The maximum atomic E-state index is 12.9. The van der Waals surface area contributed by atoms with E-state index in [1.165, 1.54) is 18.2 Å². The second-order valence-corrected chi connectivity index (χ2v) is 6.57. The van der Waals surface area contributed by atoms with Crippen molar-refractivity contribution in [2.45, 2.75) is 12.8 Å².